The summed E-state index contributed by atoms with van der Waals surface area (Å²) >= 11 is 0. The Bertz CT molecular complexity index is 383. The molecule has 0 spiro atoms. The van der Waals surface area contributed by atoms with E-state index in [1.807, 2.05) is 24.3 Å². The molecule has 0 heterocycles. The van der Waals surface area contributed by atoms with Crippen molar-refractivity contribution < 1.29 is 9.53 Å². The molecule has 1 N–H and O–H groups in total. The minimum absolute atomic E-state index is 0.0898. The average Bonchev–Trinajstić information content (AvgIpc) is 3.09. The Hall–Kier alpha value is -1.51. The Kier molecular flexibility index (Phi) is 2.39. The van der Waals surface area contributed by atoms with E-state index in [1.54, 1.807) is 14.2 Å². The molecular weight excluding hydrogens is 190 g/mol. The van der Waals surface area contributed by atoms with Crippen LogP contribution in [0.2, 0.25) is 0 Å². The number of nitrogens with one attached hydrogen (secondary N) is 1. The highest BCUT2D eigenvalue weighted by atomic mass is 16.5. The van der Waals surface area contributed by atoms with Gasteiger partial charge in [0.25, 0.3) is 0 Å². The first-order valence-corrected chi connectivity index (χ1v) is 5.10. The average molecular weight is 205 g/mol. The highest BCUT2D eigenvalue weighted by Gasteiger charge is 2.52. The number of benzene rings is 1. The minimum Gasteiger partial charge on any atom is -0.496 e. The third-order valence-corrected chi connectivity index (χ3v) is 3.03. The van der Waals surface area contributed by atoms with Crippen molar-refractivity contribution in [1.82, 2.24) is 5.32 Å². The molecule has 1 fully saturated rings. The van der Waals surface area contributed by atoms with Crippen molar-refractivity contribution >= 4 is 5.91 Å². The highest BCUT2D eigenvalue weighted by Crippen LogP contribution is 2.51. The molecule has 0 bridgehead atoms. The predicted molar refractivity (Wildman–Crippen MR) is 58.0 cm³/mol. The Morgan fingerprint density at radius 3 is 2.60 bits per heavy atom. The Morgan fingerprint density at radius 2 is 2.07 bits per heavy atom. The van der Waals surface area contributed by atoms with Crippen LogP contribution >= 0.6 is 0 Å². The highest BCUT2D eigenvalue weighted by molar-refractivity contribution is 5.91. The van der Waals surface area contributed by atoms with Crippen LogP contribution in [0.15, 0.2) is 24.3 Å². The predicted octanol–water partition coefficient (Wildman–Crippen LogP) is 1.47. The summed E-state index contributed by atoms with van der Waals surface area (Å²) in [6, 6.07) is 7.74. The lowest BCUT2D eigenvalue weighted by atomic mass is 9.94. The van der Waals surface area contributed by atoms with Crippen LogP contribution in [0.1, 0.15) is 18.4 Å². The fraction of sp³-hybridized carbons (Fsp3) is 0.417. The summed E-state index contributed by atoms with van der Waals surface area (Å²) in [6.45, 7) is 0. The van der Waals surface area contributed by atoms with Crippen LogP contribution in [0.25, 0.3) is 0 Å². The van der Waals surface area contributed by atoms with Crippen molar-refractivity contribution in [3.63, 3.8) is 0 Å². The van der Waals surface area contributed by atoms with Gasteiger partial charge < -0.3 is 10.1 Å². The molecule has 1 aliphatic carbocycles. The normalized spacial score (nSPS) is 16.9. The van der Waals surface area contributed by atoms with Crippen molar-refractivity contribution in [2.24, 2.45) is 0 Å². The molecule has 3 nitrogen and oxygen atoms in total. The topological polar surface area (TPSA) is 38.3 Å². The zero-order valence-electron chi connectivity index (χ0n) is 9.04. The number of amides is 1. The number of carbonyl (C=O) groups excluding carboxylic acids is 1. The van der Waals surface area contributed by atoms with E-state index in [4.69, 9.17) is 4.74 Å². The van der Waals surface area contributed by atoms with Crippen LogP contribution in [0.3, 0.4) is 0 Å². The fourth-order valence-electron chi connectivity index (χ4n) is 2.02. The number of rotatable bonds is 3. The van der Waals surface area contributed by atoms with Gasteiger partial charge in [-0.2, -0.15) is 0 Å². The maximum atomic E-state index is 11.8. The maximum absolute atomic E-state index is 11.8. The standard InChI is InChI=1S/C12H15NO2/c1-13-11(14)12(7-8-12)9-5-3-4-6-10(9)15-2/h3-6H,7-8H2,1-2H3,(H,13,14). The molecule has 80 valence electrons. The van der Waals surface area contributed by atoms with Crippen molar-refractivity contribution in [2.45, 2.75) is 18.3 Å². The second-order valence-electron chi connectivity index (χ2n) is 3.86. The molecule has 0 aliphatic heterocycles. The van der Waals surface area contributed by atoms with Crippen molar-refractivity contribution in [1.29, 1.82) is 0 Å². The zero-order chi connectivity index (χ0) is 10.9. The van der Waals surface area contributed by atoms with Gasteiger partial charge in [0.2, 0.25) is 5.91 Å². The smallest absolute Gasteiger partial charge is 0.230 e. The first kappa shape index (κ1) is 10.0. The van der Waals surface area contributed by atoms with Crippen LogP contribution < -0.4 is 10.1 Å². The monoisotopic (exact) mass is 205 g/mol. The molecule has 0 aromatic heterocycles. The number of carbonyl (C=O) groups is 1. The second-order valence-corrected chi connectivity index (χ2v) is 3.86. The second kappa shape index (κ2) is 3.57. The van der Waals surface area contributed by atoms with Crippen molar-refractivity contribution in [2.75, 3.05) is 14.2 Å². The first-order chi connectivity index (χ1) is 7.24. The van der Waals surface area contributed by atoms with E-state index in [2.05, 4.69) is 5.32 Å². The van der Waals surface area contributed by atoms with Crippen molar-refractivity contribution in [3.05, 3.63) is 29.8 Å². The first-order valence-electron chi connectivity index (χ1n) is 5.10. The number of hydrogen-bond acceptors (Lipinski definition) is 2. The minimum atomic E-state index is -0.332. The molecule has 1 aromatic rings. The summed E-state index contributed by atoms with van der Waals surface area (Å²) in [5.41, 5.74) is 0.674. The lowest BCUT2D eigenvalue weighted by Gasteiger charge is -2.16. The SMILES string of the molecule is CNC(=O)C1(c2ccccc2OC)CC1. The summed E-state index contributed by atoms with van der Waals surface area (Å²) in [4.78, 5) is 11.8. The Balaban J connectivity index is 2.41. The molecular formula is C12H15NO2. The molecule has 2 rings (SSSR count). The third kappa shape index (κ3) is 1.48. The van der Waals surface area contributed by atoms with E-state index in [0.29, 0.717) is 0 Å². The van der Waals surface area contributed by atoms with Gasteiger partial charge in [-0.25, -0.2) is 0 Å². The molecule has 1 amide bonds. The zero-order valence-corrected chi connectivity index (χ0v) is 9.04. The number of likely N-dealkylation sites (N-methyl/N-ethyl adjacent to an activating group) is 1. The molecule has 15 heavy (non-hydrogen) atoms. The largest absolute Gasteiger partial charge is 0.496 e. The van der Waals surface area contributed by atoms with Gasteiger partial charge in [-0.1, -0.05) is 18.2 Å². The van der Waals surface area contributed by atoms with Crippen molar-refractivity contribution in [3.8, 4) is 5.75 Å². The van der Waals surface area contributed by atoms with Gasteiger partial charge in [0.15, 0.2) is 0 Å². The summed E-state index contributed by atoms with van der Waals surface area (Å²) < 4.78 is 5.29. The van der Waals surface area contributed by atoms with Crippen LogP contribution in [-0.2, 0) is 10.2 Å². The Labute approximate surface area is 89.4 Å². The van der Waals surface area contributed by atoms with E-state index in [-0.39, 0.29) is 11.3 Å². The van der Waals surface area contributed by atoms with Gasteiger partial charge in [-0.15, -0.1) is 0 Å². The van der Waals surface area contributed by atoms with E-state index in [0.717, 1.165) is 24.2 Å². The summed E-state index contributed by atoms with van der Waals surface area (Å²) in [7, 11) is 3.32. The molecule has 1 aromatic carbocycles. The lowest BCUT2D eigenvalue weighted by molar-refractivity contribution is -0.123. The van der Waals surface area contributed by atoms with Gasteiger partial charge in [0.1, 0.15) is 5.75 Å². The Morgan fingerprint density at radius 1 is 1.40 bits per heavy atom. The molecule has 0 unspecified atom stereocenters. The van der Waals surface area contributed by atoms with Crippen LogP contribution in [0.4, 0.5) is 0 Å². The van der Waals surface area contributed by atoms with E-state index < -0.39 is 0 Å². The van der Waals surface area contributed by atoms with E-state index >= 15 is 0 Å². The van der Waals surface area contributed by atoms with Crippen LogP contribution in [0.5, 0.6) is 5.75 Å². The fourth-order valence-corrected chi connectivity index (χ4v) is 2.02. The number of para-hydroxylation sites is 1. The lowest BCUT2D eigenvalue weighted by Crippen LogP contribution is -2.32. The maximum Gasteiger partial charge on any atom is 0.230 e. The van der Waals surface area contributed by atoms with Gasteiger partial charge in [-0.05, 0) is 18.9 Å². The van der Waals surface area contributed by atoms with Gasteiger partial charge in [0, 0.05) is 12.6 Å². The molecule has 1 aliphatic rings. The number of ether oxygens (including phenoxy) is 1. The number of methoxy groups -OCH3 is 1. The summed E-state index contributed by atoms with van der Waals surface area (Å²) in [6.07, 6.45) is 1.82. The molecule has 0 radical (unpaired) electrons. The van der Waals surface area contributed by atoms with Crippen LogP contribution in [0, 0.1) is 0 Å². The number of hydrogen-bond donors (Lipinski definition) is 1. The summed E-state index contributed by atoms with van der Waals surface area (Å²) in [5.74, 6) is 0.894. The molecule has 3 heteroatoms. The van der Waals surface area contributed by atoms with Crippen LogP contribution in [-0.4, -0.2) is 20.1 Å². The van der Waals surface area contributed by atoms with E-state index in [1.165, 1.54) is 0 Å². The summed E-state index contributed by atoms with van der Waals surface area (Å²) in [5, 5.41) is 2.72. The third-order valence-electron chi connectivity index (χ3n) is 3.03. The van der Waals surface area contributed by atoms with Gasteiger partial charge >= 0.3 is 0 Å². The molecule has 1 saturated carbocycles. The quantitative estimate of drug-likeness (QED) is 0.811. The molecule has 0 atom stereocenters. The van der Waals surface area contributed by atoms with Gasteiger partial charge in [0.05, 0.1) is 12.5 Å². The molecule has 0 saturated heterocycles. The van der Waals surface area contributed by atoms with E-state index in [9.17, 15) is 4.79 Å². The van der Waals surface area contributed by atoms with Gasteiger partial charge in [-0.3, -0.25) is 4.79 Å².